The van der Waals surface area contributed by atoms with Gasteiger partial charge in [0, 0.05) is 6.42 Å². The van der Waals surface area contributed by atoms with Crippen LogP contribution >= 0.6 is 0 Å². The highest BCUT2D eigenvalue weighted by molar-refractivity contribution is 6.01. The predicted octanol–water partition coefficient (Wildman–Crippen LogP) is 4.97. The molecule has 0 bridgehead atoms. The Morgan fingerprint density at radius 1 is 1.06 bits per heavy atom. The maximum atomic E-state index is 13.3. The molecule has 1 saturated heterocycles. The van der Waals surface area contributed by atoms with Gasteiger partial charge in [-0.25, -0.2) is 5.06 Å². The van der Waals surface area contributed by atoms with E-state index in [1.54, 1.807) is 5.06 Å². The second-order valence-corrected chi connectivity index (χ2v) is 8.88. The van der Waals surface area contributed by atoms with Crippen molar-refractivity contribution in [3.63, 3.8) is 0 Å². The highest BCUT2D eigenvalue weighted by Crippen LogP contribution is 2.45. The van der Waals surface area contributed by atoms with Crippen LogP contribution in [0.3, 0.4) is 0 Å². The molecular weight excluding hydrogens is 418 g/mol. The van der Waals surface area contributed by atoms with Crippen LogP contribution in [0, 0.1) is 18.3 Å². The number of carbonyl (C=O) groups is 2. The Hall–Kier alpha value is -3.12. The molecule has 0 aliphatic carbocycles. The fourth-order valence-electron chi connectivity index (χ4n) is 4.36. The Kier molecular flexibility index (Phi) is 7.92. The van der Waals surface area contributed by atoms with Crippen LogP contribution in [0.2, 0.25) is 0 Å². The van der Waals surface area contributed by atoms with Gasteiger partial charge in [-0.05, 0) is 37.0 Å². The van der Waals surface area contributed by atoms with Crippen LogP contribution in [-0.4, -0.2) is 38.3 Å². The van der Waals surface area contributed by atoms with Gasteiger partial charge in [-0.15, -0.1) is 0 Å². The zero-order chi connectivity index (χ0) is 24.0. The number of benzene rings is 2. The fraction of sp³-hybridized carbons (Fsp3) is 0.407. The van der Waals surface area contributed by atoms with Crippen molar-refractivity contribution in [2.45, 2.75) is 45.8 Å². The second kappa shape index (κ2) is 10.7. The summed E-state index contributed by atoms with van der Waals surface area (Å²) >= 11 is 0. The van der Waals surface area contributed by atoms with Gasteiger partial charge >= 0.3 is 11.9 Å². The number of nitrogens with zero attached hydrogens (tertiary/aromatic N) is 1. The zero-order valence-electron chi connectivity index (χ0n) is 20.0. The minimum Gasteiger partial charge on any atom is -0.468 e. The largest absolute Gasteiger partial charge is 0.468 e. The summed E-state index contributed by atoms with van der Waals surface area (Å²) < 4.78 is 10.4. The van der Waals surface area contributed by atoms with E-state index in [0.29, 0.717) is 6.42 Å². The molecule has 1 fully saturated rings. The van der Waals surface area contributed by atoms with Crippen molar-refractivity contribution < 1.29 is 23.9 Å². The van der Waals surface area contributed by atoms with Gasteiger partial charge in [0.1, 0.15) is 6.10 Å². The first-order chi connectivity index (χ1) is 15.8. The summed E-state index contributed by atoms with van der Waals surface area (Å²) in [7, 11) is 2.61. The zero-order valence-corrected chi connectivity index (χ0v) is 20.0. The van der Waals surface area contributed by atoms with Crippen molar-refractivity contribution in [3.05, 3.63) is 71.8 Å². The number of aryl methyl sites for hydroxylation is 1. The molecule has 2 atom stereocenters. The van der Waals surface area contributed by atoms with Gasteiger partial charge in [0.25, 0.3) is 0 Å². The normalized spacial score (nSPS) is 20.1. The van der Waals surface area contributed by atoms with Crippen LogP contribution in [-0.2, 0) is 23.9 Å². The standard InChI is InChI=1S/C27H33NO5/c1-19(2)17-24-27(25(29)31-4,26(30)32-5)18-23(16-13-21-9-7-6-8-10-21)33-28(24)22-14-11-20(3)12-15-22/h6-16,19,23-24H,17-18H2,1-5H3/b16-13+/t23-,24+/m0/s1. The minimum atomic E-state index is -1.54. The van der Waals surface area contributed by atoms with Crippen LogP contribution in [0.4, 0.5) is 5.69 Å². The molecule has 6 nitrogen and oxygen atoms in total. The number of hydroxylamine groups is 1. The Balaban J connectivity index is 2.13. The smallest absolute Gasteiger partial charge is 0.325 e. The van der Waals surface area contributed by atoms with Gasteiger partial charge in [-0.2, -0.15) is 0 Å². The van der Waals surface area contributed by atoms with Crippen molar-refractivity contribution in [3.8, 4) is 0 Å². The molecule has 6 heteroatoms. The third-order valence-corrected chi connectivity index (χ3v) is 6.01. The summed E-state index contributed by atoms with van der Waals surface area (Å²) in [4.78, 5) is 33.0. The summed E-state index contributed by atoms with van der Waals surface area (Å²) in [6.07, 6.45) is 3.92. The number of ether oxygens (including phenoxy) is 2. The van der Waals surface area contributed by atoms with E-state index in [4.69, 9.17) is 14.3 Å². The van der Waals surface area contributed by atoms with Crippen molar-refractivity contribution in [2.75, 3.05) is 19.3 Å². The second-order valence-electron chi connectivity index (χ2n) is 8.88. The van der Waals surface area contributed by atoms with Crippen LogP contribution in [0.5, 0.6) is 0 Å². The molecule has 0 amide bonds. The van der Waals surface area contributed by atoms with Gasteiger partial charge in [0.15, 0.2) is 5.41 Å². The number of anilines is 1. The molecule has 2 aromatic carbocycles. The van der Waals surface area contributed by atoms with Gasteiger partial charge in [-0.3, -0.25) is 14.4 Å². The molecule has 0 aromatic heterocycles. The van der Waals surface area contributed by atoms with E-state index < -0.39 is 29.5 Å². The van der Waals surface area contributed by atoms with E-state index in [-0.39, 0.29) is 12.3 Å². The summed E-state index contributed by atoms with van der Waals surface area (Å²) in [6.45, 7) is 6.10. The Morgan fingerprint density at radius 2 is 1.67 bits per heavy atom. The van der Waals surface area contributed by atoms with Gasteiger partial charge in [0.2, 0.25) is 0 Å². The number of hydrogen-bond acceptors (Lipinski definition) is 6. The minimum absolute atomic E-state index is 0.120. The third-order valence-electron chi connectivity index (χ3n) is 6.01. The molecule has 3 rings (SSSR count). The lowest BCUT2D eigenvalue weighted by Gasteiger charge is -2.49. The maximum Gasteiger partial charge on any atom is 0.325 e. The monoisotopic (exact) mass is 451 g/mol. The summed E-state index contributed by atoms with van der Waals surface area (Å²) in [5, 5.41) is 1.71. The summed E-state index contributed by atoms with van der Waals surface area (Å²) in [5.41, 5.74) is 1.32. The quantitative estimate of drug-likeness (QED) is 0.438. The highest BCUT2D eigenvalue weighted by atomic mass is 16.7. The first-order valence-electron chi connectivity index (χ1n) is 11.2. The lowest BCUT2D eigenvalue weighted by molar-refractivity contribution is -0.184. The summed E-state index contributed by atoms with van der Waals surface area (Å²) in [5.74, 6) is -1.03. The van der Waals surface area contributed by atoms with Crippen LogP contribution in [0.15, 0.2) is 60.7 Å². The number of carbonyl (C=O) groups excluding carboxylic acids is 2. The van der Waals surface area contributed by atoms with Crippen molar-refractivity contribution in [1.29, 1.82) is 0 Å². The molecule has 176 valence electrons. The van der Waals surface area contributed by atoms with Gasteiger partial charge < -0.3 is 9.47 Å². The molecular formula is C27H33NO5. The number of esters is 2. The van der Waals surface area contributed by atoms with E-state index >= 15 is 0 Å². The Labute approximate surface area is 196 Å². The van der Waals surface area contributed by atoms with Gasteiger partial charge in [0.05, 0.1) is 25.9 Å². The lowest BCUT2D eigenvalue weighted by atomic mass is 9.71. The molecule has 0 saturated carbocycles. The fourth-order valence-corrected chi connectivity index (χ4v) is 4.36. The van der Waals surface area contributed by atoms with Crippen LogP contribution in [0.25, 0.3) is 6.08 Å². The van der Waals surface area contributed by atoms with Crippen molar-refractivity contribution in [1.82, 2.24) is 0 Å². The highest BCUT2D eigenvalue weighted by Gasteiger charge is 2.61. The SMILES string of the molecule is COC(=O)C1(C(=O)OC)C[C@H](/C=C/c2ccccc2)ON(c2ccc(C)cc2)[C@@H]1CC(C)C. The molecule has 33 heavy (non-hydrogen) atoms. The van der Waals surface area contributed by atoms with Crippen LogP contribution < -0.4 is 5.06 Å². The molecule has 0 unspecified atom stereocenters. The first kappa shape index (κ1) is 24.5. The van der Waals surface area contributed by atoms with Crippen LogP contribution in [0.1, 0.15) is 37.8 Å². The first-order valence-corrected chi connectivity index (χ1v) is 11.2. The van der Waals surface area contributed by atoms with Crippen molar-refractivity contribution >= 4 is 23.7 Å². The molecule has 1 aliphatic rings. The molecule has 1 heterocycles. The molecule has 0 radical (unpaired) electrons. The topological polar surface area (TPSA) is 65.1 Å². The number of rotatable bonds is 7. The summed E-state index contributed by atoms with van der Waals surface area (Å²) in [6, 6.07) is 17.0. The molecule has 0 N–H and O–H groups in total. The Morgan fingerprint density at radius 3 is 2.21 bits per heavy atom. The number of methoxy groups -OCH3 is 2. The molecule has 2 aromatic rings. The average Bonchev–Trinajstić information content (AvgIpc) is 2.83. The molecule has 0 spiro atoms. The average molecular weight is 452 g/mol. The third kappa shape index (κ3) is 5.28. The van der Waals surface area contributed by atoms with E-state index in [9.17, 15) is 9.59 Å². The van der Waals surface area contributed by atoms with Gasteiger partial charge in [-0.1, -0.05) is 74.0 Å². The van der Waals surface area contributed by atoms with E-state index in [1.807, 2.05) is 87.5 Å². The Bertz CT molecular complexity index is 952. The predicted molar refractivity (Wildman–Crippen MR) is 128 cm³/mol. The number of hydrogen-bond donors (Lipinski definition) is 0. The maximum absolute atomic E-state index is 13.3. The van der Waals surface area contributed by atoms with E-state index in [2.05, 4.69) is 0 Å². The van der Waals surface area contributed by atoms with E-state index in [1.165, 1.54) is 14.2 Å². The van der Waals surface area contributed by atoms with E-state index in [0.717, 1.165) is 16.8 Å². The lowest BCUT2D eigenvalue weighted by Crippen LogP contribution is -2.63. The van der Waals surface area contributed by atoms with Crippen molar-refractivity contribution in [2.24, 2.45) is 11.3 Å². The molecule has 1 aliphatic heterocycles.